The molecule has 2 fully saturated rings. The molecule has 2 aliphatic carbocycles. The summed E-state index contributed by atoms with van der Waals surface area (Å²) in [5.74, 6) is 0.750. The second-order valence-corrected chi connectivity index (χ2v) is 8.74. The highest BCUT2D eigenvalue weighted by atomic mass is 32.2. The largest absolute Gasteiger partial charge is 0.294 e. The molecule has 4 heteroatoms. The van der Waals surface area contributed by atoms with Crippen molar-refractivity contribution in [1.29, 1.82) is 0 Å². The first kappa shape index (κ1) is 17.0. The maximum Gasteiger partial charge on any atom is 0.294 e. The lowest BCUT2D eigenvalue weighted by molar-refractivity contribution is 0.411. The van der Waals surface area contributed by atoms with Gasteiger partial charge in [0.15, 0.2) is 0 Å². The Balaban J connectivity index is 2.15. The van der Waals surface area contributed by atoms with Crippen LogP contribution >= 0.6 is 0 Å². The van der Waals surface area contributed by atoms with Gasteiger partial charge >= 0.3 is 0 Å². The first-order valence-corrected chi connectivity index (χ1v) is 10.5. The second-order valence-electron chi connectivity index (χ2n) is 7.35. The molecule has 23 heavy (non-hydrogen) atoms. The van der Waals surface area contributed by atoms with Crippen molar-refractivity contribution in [1.82, 2.24) is 0 Å². The lowest BCUT2D eigenvalue weighted by Crippen LogP contribution is -2.17. The molecule has 2 aliphatic rings. The fourth-order valence-electron chi connectivity index (χ4n) is 4.70. The van der Waals surface area contributed by atoms with Crippen molar-refractivity contribution in [3.63, 3.8) is 0 Å². The van der Waals surface area contributed by atoms with Gasteiger partial charge < -0.3 is 0 Å². The number of hydrogen-bond donors (Lipinski definition) is 1. The van der Waals surface area contributed by atoms with Crippen LogP contribution in [0.25, 0.3) is 0 Å². The second kappa shape index (κ2) is 6.94. The topological polar surface area (TPSA) is 54.4 Å². The summed E-state index contributed by atoms with van der Waals surface area (Å²) in [6.07, 6.45) is 11.7. The Hall–Kier alpha value is -0.870. The summed E-state index contributed by atoms with van der Waals surface area (Å²) in [7, 11) is -4.16. The average molecular weight is 336 g/mol. The van der Waals surface area contributed by atoms with Crippen LogP contribution in [0.3, 0.4) is 0 Å². The summed E-state index contributed by atoms with van der Waals surface area (Å²) in [6, 6.07) is 3.51. The summed E-state index contributed by atoms with van der Waals surface area (Å²) >= 11 is 0. The van der Waals surface area contributed by atoms with Crippen molar-refractivity contribution >= 4 is 10.1 Å². The number of aryl methyl sites for hydroxylation is 1. The summed E-state index contributed by atoms with van der Waals surface area (Å²) in [5.41, 5.74) is 3.40. The van der Waals surface area contributed by atoms with Gasteiger partial charge in [-0.1, -0.05) is 44.6 Å². The Kier molecular flexibility index (Phi) is 5.12. The molecule has 128 valence electrons. The third-order valence-corrected chi connectivity index (χ3v) is 6.68. The molecule has 0 bridgehead atoms. The van der Waals surface area contributed by atoms with Crippen molar-refractivity contribution in [2.45, 2.75) is 87.9 Å². The molecule has 0 aliphatic heterocycles. The Bertz CT molecular complexity index is 651. The van der Waals surface area contributed by atoms with Gasteiger partial charge in [0.1, 0.15) is 0 Å². The molecule has 0 unspecified atom stereocenters. The zero-order valence-electron chi connectivity index (χ0n) is 14.1. The minimum atomic E-state index is -4.16. The van der Waals surface area contributed by atoms with Crippen LogP contribution in [-0.4, -0.2) is 13.0 Å². The SMILES string of the molecule is Cc1ccc(S(=O)(=O)O)c(C2CCCCC2)c1C1CCCCC1. The van der Waals surface area contributed by atoms with Crippen LogP contribution in [0.1, 0.15) is 92.7 Å². The maximum atomic E-state index is 12.0. The van der Waals surface area contributed by atoms with E-state index in [0.29, 0.717) is 5.92 Å². The van der Waals surface area contributed by atoms with E-state index in [1.54, 1.807) is 6.07 Å². The van der Waals surface area contributed by atoms with E-state index in [-0.39, 0.29) is 10.8 Å². The van der Waals surface area contributed by atoms with E-state index in [9.17, 15) is 13.0 Å². The quantitative estimate of drug-likeness (QED) is 0.758. The van der Waals surface area contributed by atoms with Crippen molar-refractivity contribution in [3.8, 4) is 0 Å². The van der Waals surface area contributed by atoms with Crippen molar-refractivity contribution in [3.05, 3.63) is 28.8 Å². The van der Waals surface area contributed by atoms with Crippen LogP contribution in [0.2, 0.25) is 0 Å². The zero-order chi connectivity index (χ0) is 16.4. The van der Waals surface area contributed by atoms with Gasteiger partial charge in [-0.05, 0) is 67.2 Å². The van der Waals surface area contributed by atoms with Gasteiger partial charge in [-0.25, -0.2) is 0 Å². The van der Waals surface area contributed by atoms with Gasteiger partial charge in [-0.2, -0.15) is 8.42 Å². The Morgan fingerprint density at radius 1 is 0.826 bits per heavy atom. The predicted molar refractivity (Wildman–Crippen MR) is 92.6 cm³/mol. The zero-order valence-corrected chi connectivity index (χ0v) is 14.9. The standard InChI is InChI=1S/C19H28O3S/c1-14-12-13-17(23(20,21)22)19(16-10-6-3-7-11-16)18(14)15-8-4-2-5-9-15/h12-13,15-16H,2-11H2,1H3,(H,20,21,22). The molecule has 0 spiro atoms. The van der Waals surface area contributed by atoms with Gasteiger partial charge in [-0.3, -0.25) is 4.55 Å². The van der Waals surface area contributed by atoms with E-state index >= 15 is 0 Å². The lowest BCUT2D eigenvalue weighted by Gasteiger charge is -2.32. The first-order valence-electron chi connectivity index (χ1n) is 9.09. The van der Waals surface area contributed by atoms with Crippen molar-refractivity contribution in [2.24, 2.45) is 0 Å². The minimum absolute atomic E-state index is 0.176. The summed E-state index contributed by atoms with van der Waals surface area (Å²) in [5, 5.41) is 0. The minimum Gasteiger partial charge on any atom is -0.282 e. The van der Waals surface area contributed by atoms with Crippen LogP contribution < -0.4 is 0 Å². The molecule has 0 radical (unpaired) electrons. The van der Waals surface area contributed by atoms with E-state index in [0.717, 1.165) is 44.1 Å². The molecule has 1 N–H and O–H groups in total. The first-order chi connectivity index (χ1) is 11.0. The average Bonchev–Trinajstić information content (AvgIpc) is 2.55. The molecule has 3 rings (SSSR count). The summed E-state index contributed by atoms with van der Waals surface area (Å²) in [6.45, 7) is 2.10. The Morgan fingerprint density at radius 3 is 1.78 bits per heavy atom. The third-order valence-electron chi connectivity index (χ3n) is 5.77. The molecular weight excluding hydrogens is 308 g/mol. The highest BCUT2D eigenvalue weighted by Gasteiger charge is 2.30. The molecule has 0 amide bonds. The Morgan fingerprint density at radius 2 is 1.30 bits per heavy atom. The number of rotatable bonds is 3. The number of hydrogen-bond acceptors (Lipinski definition) is 2. The highest BCUT2D eigenvalue weighted by molar-refractivity contribution is 7.85. The van der Waals surface area contributed by atoms with Crippen LogP contribution in [0.4, 0.5) is 0 Å². The van der Waals surface area contributed by atoms with Crippen LogP contribution in [0.15, 0.2) is 17.0 Å². The van der Waals surface area contributed by atoms with Gasteiger partial charge in [-0.15, -0.1) is 0 Å². The smallest absolute Gasteiger partial charge is 0.282 e. The molecule has 1 aromatic rings. The fourth-order valence-corrected chi connectivity index (χ4v) is 5.49. The van der Waals surface area contributed by atoms with E-state index in [1.165, 1.54) is 36.8 Å². The van der Waals surface area contributed by atoms with Gasteiger partial charge in [0.2, 0.25) is 0 Å². The monoisotopic (exact) mass is 336 g/mol. The van der Waals surface area contributed by atoms with E-state index < -0.39 is 10.1 Å². The fraction of sp³-hybridized carbons (Fsp3) is 0.684. The molecule has 0 heterocycles. The molecular formula is C19H28O3S. The predicted octanol–water partition coefficient (Wildman–Crippen LogP) is 5.34. The van der Waals surface area contributed by atoms with Crippen molar-refractivity contribution < 1.29 is 13.0 Å². The maximum absolute atomic E-state index is 12.0. The summed E-state index contributed by atoms with van der Waals surface area (Å²) in [4.78, 5) is 0.176. The van der Waals surface area contributed by atoms with Crippen LogP contribution in [-0.2, 0) is 10.1 Å². The van der Waals surface area contributed by atoms with Gasteiger partial charge in [0.05, 0.1) is 4.90 Å². The molecule has 3 nitrogen and oxygen atoms in total. The number of benzene rings is 1. The molecule has 0 atom stereocenters. The molecule has 1 aromatic carbocycles. The Labute approximate surface area is 140 Å². The van der Waals surface area contributed by atoms with Crippen LogP contribution in [0.5, 0.6) is 0 Å². The highest BCUT2D eigenvalue weighted by Crippen LogP contribution is 2.44. The van der Waals surface area contributed by atoms with Crippen LogP contribution in [0, 0.1) is 6.92 Å². The van der Waals surface area contributed by atoms with E-state index in [1.807, 2.05) is 6.07 Å². The van der Waals surface area contributed by atoms with E-state index in [2.05, 4.69) is 6.92 Å². The van der Waals surface area contributed by atoms with Gasteiger partial charge in [0.25, 0.3) is 10.1 Å². The molecule has 2 saturated carbocycles. The van der Waals surface area contributed by atoms with Crippen molar-refractivity contribution in [2.75, 3.05) is 0 Å². The molecule has 0 saturated heterocycles. The van der Waals surface area contributed by atoms with E-state index in [4.69, 9.17) is 0 Å². The lowest BCUT2D eigenvalue weighted by atomic mass is 9.74. The van der Waals surface area contributed by atoms with Gasteiger partial charge in [0, 0.05) is 0 Å². The third kappa shape index (κ3) is 3.63. The summed E-state index contributed by atoms with van der Waals surface area (Å²) < 4.78 is 33.8. The molecule has 0 aromatic heterocycles. The normalized spacial score (nSPS) is 21.5.